The van der Waals surface area contributed by atoms with Gasteiger partial charge in [-0.15, -0.1) is 0 Å². The molecule has 0 bridgehead atoms. The topological polar surface area (TPSA) is 26.8 Å². The average Bonchev–Trinajstić information content (AvgIpc) is 2.27. The van der Waals surface area contributed by atoms with Gasteiger partial charge in [0.2, 0.25) is 5.91 Å². The third-order valence-corrected chi connectivity index (χ3v) is 3.92. The van der Waals surface area contributed by atoms with Gasteiger partial charge in [-0.1, -0.05) is 0 Å². The minimum atomic E-state index is 0.191. The molecule has 0 aliphatic carbocycles. The summed E-state index contributed by atoms with van der Waals surface area (Å²) >= 11 is 0. The fraction of sp³-hybridized carbons (Fsp3) is 0.929. The summed E-state index contributed by atoms with van der Waals surface area (Å²) in [5, 5.41) is 0. The first-order valence-corrected chi connectivity index (χ1v) is 6.87. The second-order valence-electron chi connectivity index (χ2n) is 6.59. The van der Waals surface area contributed by atoms with Gasteiger partial charge in [0.15, 0.2) is 0 Å². The van der Waals surface area contributed by atoms with Crippen LogP contribution in [-0.4, -0.2) is 73.0 Å². The minimum absolute atomic E-state index is 0.191. The second kappa shape index (κ2) is 6.02. The van der Waals surface area contributed by atoms with Gasteiger partial charge in [-0.05, 0) is 40.7 Å². The molecule has 0 spiro atoms. The molecule has 0 N–H and O–H groups in total. The summed E-state index contributed by atoms with van der Waals surface area (Å²) < 4.78 is 0. The quantitative estimate of drug-likeness (QED) is 0.760. The lowest BCUT2D eigenvalue weighted by Crippen LogP contribution is -2.51. The standard InChI is InChI=1S/C14H29N3O/c1-14(2,3)17-9-7-12(8-10-17)16(6)11-13(18)15(4)5/h12H,7-11H2,1-6H3. The minimum Gasteiger partial charge on any atom is -0.348 e. The number of carbonyl (C=O) groups excluding carboxylic acids is 1. The van der Waals surface area contributed by atoms with Crippen molar-refractivity contribution >= 4 is 5.91 Å². The molecule has 18 heavy (non-hydrogen) atoms. The van der Waals surface area contributed by atoms with Gasteiger partial charge in [0, 0.05) is 38.8 Å². The fourth-order valence-electron chi connectivity index (χ4n) is 2.46. The average molecular weight is 255 g/mol. The van der Waals surface area contributed by atoms with E-state index < -0.39 is 0 Å². The molecule has 0 aromatic carbocycles. The van der Waals surface area contributed by atoms with Gasteiger partial charge in [0.25, 0.3) is 0 Å². The van der Waals surface area contributed by atoms with E-state index in [0.717, 1.165) is 25.9 Å². The van der Waals surface area contributed by atoms with E-state index >= 15 is 0 Å². The largest absolute Gasteiger partial charge is 0.348 e. The Balaban J connectivity index is 2.41. The number of likely N-dealkylation sites (N-methyl/N-ethyl adjacent to an activating group) is 2. The van der Waals surface area contributed by atoms with Crippen molar-refractivity contribution in [3.8, 4) is 0 Å². The van der Waals surface area contributed by atoms with E-state index in [0.29, 0.717) is 12.6 Å². The SMILES string of the molecule is CN(C)C(=O)CN(C)C1CCN(C(C)(C)C)CC1. The number of likely N-dealkylation sites (tertiary alicyclic amines) is 1. The van der Waals surface area contributed by atoms with Crippen molar-refractivity contribution in [2.24, 2.45) is 0 Å². The number of piperidine rings is 1. The van der Waals surface area contributed by atoms with Crippen LogP contribution in [0.15, 0.2) is 0 Å². The van der Waals surface area contributed by atoms with E-state index in [1.165, 1.54) is 0 Å². The predicted molar refractivity (Wildman–Crippen MR) is 75.7 cm³/mol. The van der Waals surface area contributed by atoms with Crippen molar-refractivity contribution in [3.05, 3.63) is 0 Å². The van der Waals surface area contributed by atoms with Gasteiger partial charge in [0.1, 0.15) is 0 Å². The summed E-state index contributed by atoms with van der Waals surface area (Å²) in [4.78, 5) is 18.1. The summed E-state index contributed by atoms with van der Waals surface area (Å²) in [7, 11) is 5.70. The Labute approximate surface area is 112 Å². The summed E-state index contributed by atoms with van der Waals surface area (Å²) in [5.74, 6) is 0.191. The highest BCUT2D eigenvalue weighted by atomic mass is 16.2. The van der Waals surface area contributed by atoms with Crippen molar-refractivity contribution in [3.63, 3.8) is 0 Å². The molecule has 4 nitrogen and oxygen atoms in total. The first kappa shape index (κ1) is 15.4. The number of carbonyl (C=O) groups is 1. The van der Waals surface area contributed by atoms with Crippen molar-refractivity contribution in [2.45, 2.75) is 45.2 Å². The molecule has 4 heteroatoms. The zero-order valence-corrected chi connectivity index (χ0v) is 12.9. The Bertz CT molecular complexity index is 275. The third-order valence-electron chi connectivity index (χ3n) is 3.92. The first-order chi connectivity index (χ1) is 8.21. The number of nitrogens with zero attached hydrogens (tertiary/aromatic N) is 3. The molecule has 0 aromatic heterocycles. The van der Waals surface area contributed by atoms with Crippen LogP contribution in [-0.2, 0) is 4.79 Å². The summed E-state index contributed by atoms with van der Waals surface area (Å²) in [6.07, 6.45) is 2.32. The van der Waals surface area contributed by atoms with Crippen LogP contribution in [0.25, 0.3) is 0 Å². The number of rotatable bonds is 3. The lowest BCUT2D eigenvalue weighted by atomic mass is 9.97. The molecule has 1 aliphatic rings. The van der Waals surface area contributed by atoms with Gasteiger partial charge in [-0.25, -0.2) is 0 Å². The van der Waals surface area contributed by atoms with E-state index in [-0.39, 0.29) is 11.4 Å². The smallest absolute Gasteiger partial charge is 0.236 e. The Kier molecular flexibility index (Phi) is 5.17. The maximum absolute atomic E-state index is 11.7. The first-order valence-electron chi connectivity index (χ1n) is 6.87. The highest BCUT2D eigenvalue weighted by Crippen LogP contribution is 2.22. The van der Waals surface area contributed by atoms with Crippen LogP contribution >= 0.6 is 0 Å². The summed E-state index contributed by atoms with van der Waals surface area (Å²) in [6.45, 7) is 9.61. The fourth-order valence-corrected chi connectivity index (χ4v) is 2.46. The highest BCUT2D eigenvalue weighted by Gasteiger charge is 2.29. The molecule has 1 fully saturated rings. The number of hydrogen-bond acceptors (Lipinski definition) is 3. The maximum Gasteiger partial charge on any atom is 0.236 e. The molecule has 0 radical (unpaired) electrons. The van der Waals surface area contributed by atoms with Crippen molar-refractivity contribution in [2.75, 3.05) is 40.8 Å². The lowest BCUT2D eigenvalue weighted by molar-refractivity contribution is -0.130. The van der Waals surface area contributed by atoms with E-state index in [1.807, 2.05) is 14.1 Å². The van der Waals surface area contributed by atoms with Gasteiger partial charge >= 0.3 is 0 Å². The number of hydrogen-bond donors (Lipinski definition) is 0. The molecule has 1 aliphatic heterocycles. The zero-order chi connectivity index (χ0) is 13.9. The van der Waals surface area contributed by atoms with Gasteiger partial charge < -0.3 is 4.90 Å². The van der Waals surface area contributed by atoms with E-state index in [1.54, 1.807) is 4.90 Å². The van der Waals surface area contributed by atoms with Crippen molar-refractivity contribution < 1.29 is 4.79 Å². The Hall–Kier alpha value is -0.610. The maximum atomic E-state index is 11.7. The van der Waals surface area contributed by atoms with Gasteiger partial charge in [-0.3, -0.25) is 14.6 Å². The van der Waals surface area contributed by atoms with Crippen LogP contribution in [0.3, 0.4) is 0 Å². The van der Waals surface area contributed by atoms with Crippen LogP contribution in [0, 0.1) is 0 Å². The molecule has 1 heterocycles. The third kappa shape index (κ3) is 4.25. The molecule has 106 valence electrons. The van der Waals surface area contributed by atoms with Gasteiger partial charge in [0.05, 0.1) is 6.54 Å². The van der Waals surface area contributed by atoms with Crippen molar-refractivity contribution in [1.82, 2.24) is 14.7 Å². The Morgan fingerprint density at radius 3 is 2.06 bits per heavy atom. The summed E-state index contributed by atoms with van der Waals surface area (Å²) in [6, 6.07) is 0.549. The van der Waals surface area contributed by atoms with Crippen LogP contribution in [0.1, 0.15) is 33.6 Å². The molecule has 1 amide bonds. The van der Waals surface area contributed by atoms with E-state index in [9.17, 15) is 4.79 Å². The van der Waals surface area contributed by atoms with Crippen LogP contribution < -0.4 is 0 Å². The molecule has 0 unspecified atom stereocenters. The molecule has 0 saturated carbocycles. The van der Waals surface area contributed by atoms with E-state index in [2.05, 4.69) is 37.6 Å². The van der Waals surface area contributed by atoms with Crippen molar-refractivity contribution in [1.29, 1.82) is 0 Å². The van der Waals surface area contributed by atoms with Gasteiger partial charge in [-0.2, -0.15) is 0 Å². The van der Waals surface area contributed by atoms with E-state index in [4.69, 9.17) is 0 Å². The highest BCUT2D eigenvalue weighted by molar-refractivity contribution is 5.77. The zero-order valence-electron chi connectivity index (χ0n) is 12.9. The second-order valence-corrected chi connectivity index (χ2v) is 6.59. The van der Waals surface area contributed by atoms with Crippen LogP contribution in [0.4, 0.5) is 0 Å². The Morgan fingerprint density at radius 1 is 1.17 bits per heavy atom. The molecular formula is C14H29N3O. The van der Waals surface area contributed by atoms with Crippen LogP contribution in [0.2, 0.25) is 0 Å². The monoisotopic (exact) mass is 255 g/mol. The Morgan fingerprint density at radius 2 is 1.67 bits per heavy atom. The molecule has 0 atom stereocenters. The molecule has 1 rings (SSSR count). The lowest BCUT2D eigenvalue weighted by Gasteiger charge is -2.43. The normalized spacial score (nSPS) is 19.3. The molecular weight excluding hydrogens is 226 g/mol. The van der Waals surface area contributed by atoms with Crippen LogP contribution in [0.5, 0.6) is 0 Å². The molecule has 0 aromatic rings. The summed E-state index contributed by atoms with van der Waals surface area (Å²) in [5.41, 5.74) is 0.267. The molecule has 1 saturated heterocycles. The number of amides is 1. The predicted octanol–water partition coefficient (Wildman–Crippen LogP) is 1.27.